The summed E-state index contributed by atoms with van der Waals surface area (Å²) in [5.41, 5.74) is 3.20. The third kappa shape index (κ3) is 2.42. The summed E-state index contributed by atoms with van der Waals surface area (Å²) >= 11 is 12.3. The molecule has 4 heteroatoms. The van der Waals surface area contributed by atoms with E-state index in [1.807, 2.05) is 36.7 Å². The maximum Gasteiger partial charge on any atom is 0.0655 e. The molecule has 0 radical (unpaired) electrons. The van der Waals surface area contributed by atoms with Crippen molar-refractivity contribution in [3.63, 3.8) is 0 Å². The fourth-order valence-electron chi connectivity index (χ4n) is 2.29. The van der Waals surface area contributed by atoms with E-state index in [1.54, 1.807) is 6.07 Å². The molecule has 0 aliphatic rings. The average molecular weight is 291 g/mol. The maximum absolute atomic E-state index is 6.35. The molecule has 0 aliphatic heterocycles. The van der Waals surface area contributed by atoms with Crippen LogP contribution in [0.25, 0.3) is 0 Å². The smallest absolute Gasteiger partial charge is 0.0655 e. The van der Waals surface area contributed by atoms with Gasteiger partial charge in [0.1, 0.15) is 0 Å². The molecule has 0 unspecified atom stereocenters. The number of hydrogen-bond donors (Lipinski definition) is 2. The number of aromatic amines is 2. The van der Waals surface area contributed by atoms with Gasteiger partial charge in [0.15, 0.2) is 0 Å². The summed E-state index contributed by atoms with van der Waals surface area (Å²) in [6, 6.07) is 13.7. The zero-order valence-electron chi connectivity index (χ0n) is 10.0. The quantitative estimate of drug-likeness (QED) is 0.692. The minimum atomic E-state index is 0.0507. The van der Waals surface area contributed by atoms with Crippen molar-refractivity contribution < 1.29 is 0 Å². The van der Waals surface area contributed by atoms with Crippen molar-refractivity contribution in [2.75, 3.05) is 0 Å². The number of aromatic nitrogens is 2. The zero-order valence-corrected chi connectivity index (χ0v) is 11.5. The molecule has 3 rings (SSSR count). The molecule has 0 saturated carbocycles. The summed E-state index contributed by atoms with van der Waals surface area (Å²) in [6.07, 6.45) is 3.82. The summed E-state index contributed by atoms with van der Waals surface area (Å²) in [5.74, 6) is 0.0507. The number of nitrogens with one attached hydrogen (secondary N) is 2. The molecule has 2 heterocycles. The lowest BCUT2D eigenvalue weighted by Crippen LogP contribution is -2.05. The first-order chi connectivity index (χ1) is 9.25. The van der Waals surface area contributed by atoms with Crippen molar-refractivity contribution in [1.82, 2.24) is 9.97 Å². The summed E-state index contributed by atoms with van der Waals surface area (Å²) in [7, 11) is 0. The first kappa shape index (κ1) is 12.4. The molecule has 0 bridgehead atoms. The van der Waals surface area contributed by atoms with Crippen molar-refractivity contribution in [3.8, 4) is 0 Å². The number of halogens is 2. The van der Waals surface area contributed by atoms with Crippen molar-refractivity contribution >= 4 is 23.2 Å². The lowest BCUT2D eigenvalue weighted by Gasteiger charge is -2.17. The Morgan fingerprint density at radius 2 is 1.47 bits per heavy atom. The highest BCUT2D eigenvalue weighted by Gasteiger charge is 2.20. The molecule has 0 aliphatic carbocycles. The van der Waals surface area contributed by atoms with Crippen LogP contribution in [-0.2, 0) is 0 Å². The van der Waals surface area contributed by atoms with Crippen molar-refractivity contribution in [2.45, 2.75) is 5.92 Å². The van der Waals surface area contributed by atoms with Crippen LogP contribution in [0.3, 0.4) is 0 Å². The molecular formula is C15H12Cl2N2. The molecule has 1 aromatic carbocycles. The van der Waals surface area contributed by atoms with Crippen molar-refractivity contribution in [1.29, 1.82) is 0 Å². The second-order valence-electron chi connectivity index (χ2n) is 4.35. The lowest BCUT2D eigenvalue weighted by atomic mass is 9.92. The summed E-state index contributed by atoms with van der Waals surface area (Å²) < 4.78 is 0. The minimum Gasteiger partial charge on any atom is -0.364 e. The Hall–Kier alpha value is -1.64. The van der Waals surface area contributed by atoms with Gasteiger partial charge in [-0.3, -0.25) is 0 Å². The predicted molar refractivity (Wildman–Crippen MR) is 79.0 cm³/mol. The van der Waals surface area contributed by atoms with Crippen molar-refractivity contribution in [3.05, 3.63) is 81.9 Å². The largest absolute Gasteiger partial charge is 0.364 e. The molecule has 0 spiro atoms. The van der Waals surface area contributed by atoms with Crippen LogP contribution in [-0.4, -0.2) is 9.97 Å². The zero-order chi connectivity index (χ0) is 13.2. The van der Waals surface area contributed by atoms with Gasteiger partial charge in [-0.25, -0.2) is 0 Å². The Morgan fingerprint density at radius 3 is 1.95 bits per heavy atom. The Kier molecular flexibility index (Phi) is 3.36. The van der Waals surface area contributed by atoms with E-state index in [0.717, 1.165) is 17.0 Å². The average Bonchev–Trinajstić information content (AvgIpc) is 3.06. The van der Waals surface area contributed by atoms with Gasteiger partial charge in [0.05, 0.1) is 5.92 Å². The molecule has 2 N–H and O–H groups in total. The van der Waals surface area contributed by atoms with Crippen LogP contribution in [0, 0.1) is 0 Å². The Balaban J connectivity index is 2.14. The van der Waals surface area contributed by atoms with Crippen LogP contribution < -0.4 is 0 Å². The number of rotatable bonds is 3. The van der Waals surface area contributed by atoms with Gasteiger partial charge in [0.2, 0.25) is 0 Å². The van der Waals surface area contributed by atoms with Crippen LogP contribution in [0.4, 0.5) is 0 Å². The van der Waals surface area contributed by atoms with E-state index >= 15 is 0 Å². The maximum atomic E-state index is 6.35. The topological polar surface area (TPSA) is 31.6 Å². The van der Waals surface area contributed by atoms with Crippen LogP contribution in [0.15, 0.2) is 54.9 Å². The highest BCUT2D eigenvalue weighted by atomic mass is 35.5. The summed E-state index contributed by atoms with van der Waals surface area (Å²) in [4.78, 5) is 6.51. The fourth-order valence-corrected chi connectivity index (χ4v) is 2.80. The van der Waals surface area contributed by atoms with Gasteiger partial charge in [-0.1, -0.05) is 29.3 Å². The Labute approximate surface area is 121 Å². The van der Waals surface area contributed by atoms with Crippen LogP contribution >= 0.6 is 23.2 Å². The van der Waals surface area contributed by atoms with E-state index in [2.05, 4.69) is 22.1 Å². The minimum absolute atomic E-state index is 0.0507. The number of hydrogen-bond acceptors (Lipinski definition) is 0. The first-order valence-corrected chi connectivity index (χ1v) is 6.73. The molecule has 3 aromatic rings. The van der Waals surface area contributed by atoms with Crippen LogP contribution in [0.5, 0.6) is 0 Å². The van der Waals surface area contributed by atoms with Crippen LogP contribution in [0.2, 0.25) is 10.0 Å². The van der Waals surface area contributed by atoms with E-state index in [-0.39, 0.29) is 5.92 Å². The van der Waals surface area contributed by atoms with Crippen molar-refractivity contribution in [2.24, 2.45) is 0 Å². The second-order valence-corrected chi connectivity index (χ2v) is 5.19. The third-order valence-electron chi connectivity index (χ3n) is 3.14. The first-order valence-electron chi connectivity index (χ1n) is 5.97. The van der Waals surface area contributed by atoms with E-state index < -0.39 is 0 Å². The van der Waals surface area contributed by atoms with Crippen LogP contribution in [0.1, 0.15) is 22.9 Å². The van der Waals surface area contributed by atoms with Gasteiger partial charge < -0.3 is 9.97 Å². The molecule has 0 fully saturated rings. The molecular weight excluding hydrogens is 279 g/mol. The second kappa shape index (κ2) is 5.16. The van der Waals surface area contributed by atoms with Gasteiger partial charge in [-0.2, -0.15) is 0 Å². The normalized spacial score (nSPS) is 11.1. The fraction of sp³-hybridized carbons (Fsp3) is 0.0667. The molecule has 0 amide bonds. The van der Waals surface area contributed by atoms with Gasteiger partial charge in [-0.05, 0) is 42.0 Å². The molecule has 2 nitrogen and oxygen atoms in total. The standard InChI is InChI=1S/C15H12Cl2N2/c16-10-5-6-11(12(17)9-10)15(13-3-1-7-18-13)14-4-2-8-19-14/h1-9,15,18-19H. The highest BCUT2D eigenvalue weighted by Crippen LogP contribution is 2.35. The molecule has 96 valence electrons. The third-order valence-corrected chi connectivity index (χ3v) is 3.70. The van der Waals surface area contributed by atoms with Gasteiger partial charge >= 0.3 is 0 Å². The van der Waals surface area contributed by atoms with Gasteiger partial charge in [0.25, 0.3) is 0 Å². The summed E-state index contributed by atoms with van der Waals surface area (Å²) in [6.45, 7) is 0. The number of H-pyrrole nitrogens is 2. The molecule has 0 atom stereocenters. The predicted octanol–water partition coefficient (Wildman–Crippen LogP) is 4.83. The summed E-state index contributed by atoms with van der Waals surface area (Å²) in [5, 5.41) is 1.31. The molecule has 2 aromatic heterocycles. The monoisotopic (exact) mass is 290 g/mol. The van der Waals surface area contributed by atoms with Gasteiger partial charge in [-0.15, -0.1) is 0 Å². The highest BCUT2D eigenvalue weighted by molar-refractivity contribution is 6.35. The lowest BCUT2D eigenvalue weighted by molar-refractivity contribution is 0.898. The van der Waals surface area contributed by atoms with E-state index in [9.17, 15) is 0 Å². The molecule has 19 heavy (non-hydrogen) atoms. The van der Waals surface area contributed by atoms with E-state index in [1.165, 1.54) is 0 Å². The van der Waals surface area contributed by atoms with E-state index in [0.29, 0.717) is 10.0 Å². The van der Waals surface area contributed by atoms with Gasteiger partial charge in [0, 0.05) is 33.8 Å². The Morgan fingerprint density at radius 1 is 0.842 bits per heavy atom. The van der Waals surface area contributed by atoms with E-state index in [4.69, 9.17) is 23.2 Å². The molecule has 0 saturated heterocycles. The Bertz CT molecular complexity index is 623. The SMILES string of the molecule is Clc1ccc(C(c2ccc[nH]2)c2ccc[nH]2)c(Cl)c1. The number of benzene rings is 1.